The molecule has 2 nitrogen and oxygen atoms in total. The van der Waals surface area contributed by atoms with E-state index >= 15 is 0 Å². The van der Waals surface area contributed by atoms with Crippen LogP contribution in [0, 0.1) is 12.7 Å². The molecule has 0 radical (unpaired) electrons. The van der Waals surface area contributed by atoms with Gasteiger partial charge in [0.05, 0.1) is 0 Å². The Bertz CT molecular complexity index is 624. The van der Waals surface area contributed by atoms with Crippen LogP contribution in [-0.2, 0) is 6.54 Å². The fourth-order valence-corrected chi connectivity index (χ4v) is 3.19. The molecule has 1 saturated heterocycles. The van der Waals surface area contributed by atoms with E-state index in [-0.39, 0.29) is 5.82 Å². The molecule has 0 amide bonds. The van der Waals surface area contributed by atoms with Gasteiger partial charge < -0.3 is 4.90 Å². The number of aryl methyl sites for hydroxylation is 1. The standard InChI is InChI=1S/C19H23FN2/c1-15-6-8-19(9-7-15)22-11-10-21(13-16(22)2)14-17-4-3-5-18(20)12-17/h3-9,12,16H,10-11,13-14H2,1-2H3. The van der Waals surface area contributed by atoms with Crippen molar-refractivity contribution in [1.82, 2.24) is 4.90 Å². The van der Waals surface area contributed by atoms with Crippen molar-refractivity contribution in [3.8, 4) is 0 Å². The van der Waals surface area contributed by atoms with E-state index < -0.39 is 0 Å². The number of rotatable bonds is 3. The Kier molecular flexibility index (Phi) is 4.44. The first-order valence-corrected chi connectivity index (χ1v) is 7.92. The van der Waals surface area contributed by atoms with Crippen molar-refractivity contribution >= 4 is 5.69 Å². The summed E-state index contributed by atoms with van der Waals surface area (Å²) in [5.74, 6) is -0.149. The fourth-order valence-electron chi connectivity index (χ4n) is 3.19. The van der Waals surface area contributed by atoms with Crippen molar-refractivity contribution in [2.45, 2.75) is 26.4 Å². The molecule has 0 saturated carbocycles. The third-order valence-corrected chi connectivity index (χ3v) is 4.37. The Morgan fingerprint density at radius 2 is 1.86 bits per heavy atom. The molecule has 2 aromatic rings. The predicted octanol–water partition coefficient (Wildman–Crippen LogP) is 3.84. The largest absolute Gasteiger partial charge is 0.366 e. The van der Waals surface area contributed by atoms with Crippen molar-refractivity contribution < 1.29 is 4.39 Å². The van der Waals surface area contributed by atoms with Crippen LogP contribution >= 0.6 is 0 Å². The number of hydrogen-bond acceptors (Lipinski definition) is 2. The van der Waals surface area contributed by atoms with Gasteiger partial charge >= 0.3 is 0 Å². The zero-order valence-corrected chi connectivity index (χ0v) is 13.3. The smallest absolute Gasteiger partial charge is 0.123 e. The van der Waals surface area contributed by atoms with E-state index in [0.29, 0.717) is 6.04 Å². The highest BCUT2D eigenvalue weighted by atomic mass is 19.1. The zero-order valence-electron chi connectivity index (χ0n) is 13.3. The lowest BCUT2D eigenvalue weighted by Gasteiger charge is -2.41. The molecule has 116 valence electrons. The summed E-state index contributed by atoms with van der Waals surface area (Å²) in [5.41, 5.74) is 3.64. The topological polar surface area (TPSA) is 6.48 Å². The average molecular weight is 298 g/mol. The summed E-state index contributed by atoms with van der Waals surface area (Å²) in [6.07, 6.45) is 0. The maximum Gasteiger partial charge on any atom is 0.123 e. The van der Waals surface area contributed by atoms with Crippen molar-refractivity contribution in [3.63, 3.8) is 0 Å². The highest BCUT2D eigenvalue weighted by molar-refractivity contribution is 5.49. The molecule has 3 rings (SSSR count). The fraction of sp³-hybridized carbons (Fsp3) is 0.368. The van der Waals surface area contributed by atoms with Crippen molar-refractivity contribution in [2.75, 3.05) is 24.5 Å². The molecule has 1 fully saturated rings. The summed E-state index contributed by atoms with van der Waals surface area (Å²) in [7, 11) is 0. The second kappa shape index (κ2) is 6.49. The van der Waals surface area contributed by atoms with Gasteiger partial charge in [-0.2, -0.15) is 0 Å². The molecule has 0 spiro atoms. The molecule has 1 atom stereocenters. The van der Waals surface area contributed by atoms with Crippen LogP contribution in [0.4, 0.5) is 10.1 Å². The van der Waals surface area contributed by atoms with E-state index in [1.165, 1.54) is 17.3 Å². The predicted molar refractivity (Wildman–Crippen MR) is 89.7 cm³/mol. The van der Waals surface area contributed by atoms with Gasteiger partial charge in [-0.25, -0.2) is 4.39 Å². The SMILES string of the molecule is Cc1ccc(N2CCN(Cc3cccc(F)c3)CC2C)cc1. The normalized spacial score (nSPS) is 19.4. The van der Waals surface area contributed by atoms with Crippen LogP contribution in [0.25, 0.3) is 0 Å². The second-order valence-electron chi connectivity index (χ2n) is 6.24. The molecule has 22 heavy (non-hydrogen) atoms. The molecular weight excluding hydrogens is 275 g/mol. The zero-order chi connectivity index (χ0) is 15.5. The Balaban J connectivity index is 1.63. The quantitative estimate of drug-likeness (QED) is 0.849. The molecule has 0 bridgehead atoms. The van der Waals surface area contributed by atoms with E-state index in [9.17, 15) is 4.39 Å². The minimum atomic E-state index is -0.149. The van der Waals surface area contributed by atoms with Gasteiger partial charge in [-0.3, -0.25) is 4.90 Å². The van der Waals surface area contributed by atoms with Crippen LogP contribution in [0.3, 0.4) is 0 Å². The molecule has 1 heterocycles. The first kappa shape index (κ1) is 15.0. The number of piperazine rings is 1. The molecule has 2 aromatic carbocycles. The third kappa shape index (κ3) is 3.47. The van der Waals surface area contributed by atoms with Crippen LogP contribution in [0.1, 0.15) is 18.1 Å². The molecule has 1 aliphatic heterocycles. The van der Waals surface area contributed by atoms with Gasteiger partial charge in [0, 0.05) is 37.9 Å². The number of benzene rings is 2. The average Bonchev–Trinajstić information content (AvgIpc) is 2.49. The summed E-state index contributed by atoms with van der Waals surface area (Å²) in [4.78, 5) is 4.87. The number of halogens is 1. The van der Waals surface area contributed by atoms with Crippen molar-refractivity contribution in [3.05, 3.63) is 65.5 Å². The monoisotopic (exact) mass is 298 g/mol. The summed E-state index contributed by atoms with van der Waals surface area (Å²) < 4.78 is 13.3. The molecule has 0 aliphatic carbocycles. The molecule has 1 aliphatic rings. The molecule has 0 N–H and O–H groups in total. The Hall–Kier alpha value is -1.87. The van der Waals surface area contributed by atoms with Gasteiger partial charge in [0.2, 0.25) is 0 Å². The summed E-state index contributed by atoms with van der Waals surface area (Å²) in [6.45, 7) is 8.23. The van der Waals surface area contributed by atoms with Gasteiger partial charge in [0.25, 0.3) is 0 Å². The Morgan fingerprint density at radius 3 is 2.55 bits per heavy atom. The van der Waals surface area contributed by atoms with Crippen LogP contribution in [0.2, 0.25) is 0 Å². The van der Waals surface area contributed by atoms with E-state index in [1.807, 2.05) is 6.07 Å². The summed E-state index contributed by atoms with van der Waals surface area (Å²) in [5, 5.41) is 0. The third-order valence-electron chi connectivity index (χ3n) is 4.37. The van der Waals surface area contributed by atoms with Gasteiger partial charge in [0.1, 0.15) is 5.82 Å². The molecular formula is C19H23FN2. The van der Waals surface area contributed by atoms with Crippen molar-refractivity contribution in [1.29, 1.82) is 0 Å². The maximum absolute atomic E-state index is 13.3. The van der Waals surface area contributed by atoms with E-state index in [2.05, 4.69) is 47.9 Å². The minimum Gasteiger partial charge on any atom is -0.366 e. The van der Waals surface area contributed by atoms with Crippen LogP contribution in [-0.4, -0.2) is 30.6 Å². The van der Waals surface area contributed by atoms with Crippen molar-refractivity contribution in [2.24, 2.45) is 0 Å². The lowest BCUT2D eigenvalue weighted by atomic mass is 10.1. The lowest BCUT2D eigenvalue weighted by molar-refractivity contribution is 0.221. The molecule has 3 heteroatoms. The lowest BCUT2D eigenvalue weighted by Crippen LogP contribution is -2.51. The highest BCUT2D eigenvalue weighted by Gasteiger charge is 2.23. The van der Waals surface area contributed by atoms with Gasteiger partial charge in [-0.05, 0) is 43.7 Å². The Labute approximate surface area is 132 Å². The summed E-state index contributed by atoms with van der Waals surface area (Å²) >= 11 is 0. The highest BCUT2D eigenvalue weighted by Crippen LogP contribution is 2.22. The Morgan fingerprint density at radius 1 is 1.09 bits per heavy atom. The first-order valence-electron chi connectivity index (χ1n) is 7.92. The van der Waals surface area contributed by atoms with Gasteiger partial charge in [-0.1, -0.05) is 29.8 Å². The molecule has 1 unspecified atom stereocenters. The number of nitrogens with zero attached hydrogens (tertiary/aromatic N) is 2. The van der Waals surface area contributed by atoms with Crippen LogP contribution in [0.15, 0.2) is 48.5 Å². The summed E-state index contributed by atoms with van der Waals surface area (Å²) in [6, 6.07) is 16.1. The van der Waals surface area contributed by atoms with E-state index in [1.54, 1.807) is 12.1 Å². The second-order valence-corrected chi connectivity index (χ2v) is 6.24. The molecule has 0 aromatic heterocycles. The number of hydrogen-bond donors (Lipinski definition) is 0. The minimum absolute atomic E-state index is 0.149. The number of anilines is 1. The maximum atomic E-state index is 13.3. The first-order chi connectivity index (χ1) is 10.6. The van der Waals surface area contributed by atoms with E-state index in [0.717, 1.165) is 31.7 Å². The van der Waals surface area contributed by atoms with Gasteiger partial charge in [0.15, 0.2) is 0 Å². The van der Waals surface area contributed by atoms with Crippen LogP contribution in [0.5, 0.6) is 0 Å². The van der Waals surface area contributed by atoms with Crippen LogP contribution < -0.4 is 4.90 Å². The van der Waals surface area contributed by atoms with Gasteiger partial charge in [-0.15, -0.1) is 0 Å². The van der Waals surface area contributed by atoms with E-state index in [4.69, 9.17) is 0 Å².